The van der Waals surface area contributed by atoms with Crippen molar-refractivity contribution in [1.82, 2.24) is 9.97 Å². The maximum atomic E-state index is 12.2. The number of halogens is 1. The maximum absolute atomic E-state index is 12.2. The van der Waals surface area contributed by atoms with Gasteiger partial charge in [-0.1, -0.05) is 11.6 Å². The summed E-state index contributed by atoms with van der Waals surface area (Å²) in [6, 6.07) is 5.10. The predicted molar refractivity (Wildman–Crippen MR) is 96.2 cm³/mol. The van der Waals surface area contributed by atoms with Crippen LogP contribution in [0.25, 0.3) is 11.3 Å². The summed E-state index contributed by atoms with van der Waals surface area (Å²) in [5.74, 6) is -0.198. The van der Waals surface area contributed by atoms with E-state index < -0.39 is 11.6 Å². The SMILES string of the molecule is CC(C)(C)OC(=O)CN1C(=O)COc2cc(-c3cc(Cl)ccn3)cnc21. The summed E-state index contributed by atoms with van der Waals surface area (Å²) >= 11 is 5.99. The Labute approximate surface area is 155 Å². The van der Waals surface area contributed by atoms with Crippen LogP contribution >= 0.6 is 11.6 Å². The van der Waals surface area contributed by atoms with Crippen molar-refractivity contribution in [3.63, 3.8) is 0 Å². The van der Waals surface area contributed by atoms with Crippen LogP contribution in [0.3, 0.4) is 0 Å². The summed E-state index contributed by atoms with van der Waals surface area (Å²) in [4.78, 5) is 34.1. The highest BCUT2D eigenvalue weighted by molar-refractivity contribution is 6.30. The summed E-state index contributed by atoms with van der Waals surface area (Å²) < 4.78 is 10.8. The van der Waals surface area contributed by atoms with Gasteiger partial charge >= 0.3 is 5.97 Å². The number of amides is 1. The number of anilines is 1. The third-order valence-corrected chi connectivity index (χ3v) is 3.70. The number of aromatic nitrogens is 2. The zero-order valence-corrected chi connectivity index (χ0v) is 15.4. The van der Waals surface area contributed by atoms with Crippen LogP contribution in [0.4, 0.5) is 5.82 Å². The zero-order chi connectivity index (χ0) is 18.9. The smallest absolute Gasteiger partial charge is 0.326 e. The van der Waals surface area contributed by atoms with Gasteiger partial charge in [0.1, 0.15) is 12.1 Å². The molecule has 1 aliphatic rings. The molecule has 0 aromatic carbocycles. The van der Waals surface area contributed by atoms with E-state index in [2.05, 4.69) is 9.97 Å². The number of esters is 1. The van der Waals surface area contributed by atoms with Crippen LogP contribution in [-0.4, -0.2) is 40.6 Å². The Balaban J connectivity index is 1.88. The summed E-state index contributed by atoms with van der Waals surface area (Å²) in [5, 5.41) is 0.551. The van der Waals surface area contributed by atoms with Crippen molar-refractivity contribution in [2.24, 2.45) is 0 Å². The summed E-state index contributed by atoms with van der Waals surface area (Å²) in [5.41, 5.74) is 0.690. The first-order valence-corrected chi connectivity index (χ1v) is 8.38. The van der Waals surface area contributed by atoms with Gasteiger partial charge in [0, 0.05) is 23.0 Å². The average molecular weight is 376 g/mol. The number of hydrogen-bond donors (Lipinski definition) is 0. The molecule has 7 nitrogen and oxygen atoms in total. The lowest BCUT2D eigenvalue weighted by Crippen LogP contribution is -2.44. The van der Waals surface area contributed by atoms with Crippen LogP contribution in [0.2, 0.25) is 5.02 Å². The van der Waals surface area contributed by atoms with Crippen LogP contribution < -0.4 is 9.64 Å². The molecule has 0 saturated carbocycles. The molecule has 3 rings (SSSR count). The molecule has 0 spiro atoms. The topological polar surface area (TPSA) is 81.6 Å². The first-order chi connectivity index (χ1) is 12.2. The molecular weight excluding hydrogens is 358 g/mol. The molecule has 0 fully saturated rings. The first-order valence-electron chi connectivity index (χ1n) is 8.00. The molecule has 26 heavy (non-hydrogen) atoms. The minimum absolute atomic E-state index is 0.177. The number of hydrogen-bond acceptors (Lipinski definition) is 6. The molecule has 0 bridgehead atoms. The summed E-state index contributed by atoms with van der Waals surface area (Å²) in [6.45, 7) is 4.89. The number of ether oxygens (including phenoxy) is 2. The maximum Gasteiger partial charge on any atom is 0.326 e. The average Bonchev–Trinajstić information content (AvgIpc) is 2.55. The molecule has 2 aromatic heterocycles. The van der Waals surface area contributed by atoms with Gasteiger partial charge in [-0.2, -0.15) is 0 Å². The molecule has 1 amide bonds. The van der Waals surface area contributed by atoms with Crippen LogP contribution in [-0.2, 0) is 14.3 Å². The standard InChI is InChI=1S/C18H18ClN3O4/c1-18(2,3)26-16(24)9-22-15(23)10-25-14-6-11(8-21-17(14)22)13-7-12(19)4-5-20-13/h4-8H,9-10H2,1-3H3. The highest BCUT2D eigenvalue weighted by Crippen LogP contribution is 2.33. The second kappa shape index (κ2) is 6.92. The van der Waals surface area contributed by atoms with Gasteiger partial charge in [-0.25, -0.2) is 4.98 Å². The molecule has 2 aromatic rings. The molecule has 0 unspecified atom stereocenters. The third-order valence-electron chi connectivity index (χ3n) is 3.47. The highest BCUT2D eigenvalue weighted by atomic mass is 35.5. The molecule has 1 aliphatic heterocycles. The lowest BCUT2D eigenvalue weighted by molar-refractivity contribution is -0.153. The fraction of sp³-hybridized carbons (Fsp3) is 0.333. The van der Waals surface area contributed by atoms with Crippen molar-refractivity contribution in [3.05, 3.63) is 35.6 Å². The number of fused-ring (bicyclic) bond motifs is 1. The van der Waals surface area contributed by atoms with E-state index in [9.17, 15) is 9.59 Å². The molecule has 0 radical (unpaired) electrons. The predicted octanol–water partition coefficient (Wildman–Crippen LogP) is 2.86. The highest BCUT2D eigenvalue weighted by Gasteiger charge is 2.30. The number of carbonyl (C=O) groups is 2. The van der Waals surface area contributed by atoms with E-state index in [1.54, 1.807) is 51.4 Å². The Bertz CT molecular complexity index is 864. The van der Waals surface area contributed by atoms with E-state index in [0.29, 0.717) is 22.0 Å². The largest absolute Gasteiger partial charge is 0.480 e. The number of pyridine rings is 2. The summed E-state index contributed by atoms with van der Waals surface area (Å²) in [6.07, 6.45) is 3.15. The van der Waals surface area contributed by atoms with E-state index in [-0.39, 0.29) is 24.9 Å². The quantitative estimate of drug-likeness (QED) is 0.767. The van der Waals surface area contributed by atoms with Gasteiger partial charge in [0.15, 0.2) is 18.2 Å². The molecule has 0 saturated heterocycles. The molecule has 3 heterocycles. The van der Waals surface area contributed by atoms with E-state index in [1.807, 2.05) is 0 Å². The molecule has 136 valence electrons. The number of carbonyl (C=O) groups excluding carboxylic acids is 2. The minimum Gasteiger partial charge on any atom is -0.480 e. The fourth-order valence-electron chi connectivity index (χ4n) is 2.45. The van der Waals surface area contributed by atoms with E-state index in [4.69, 9.17) is 21.1 Å². The monoisotopic (exact) mass is 375 g/mol. The summed E-state index contributed by atoms with van der Waals surface area (Å²) in [7, 11) is 0. The minimum atomic E-state index is -0.634. The van der Waals surface area contributed by atoms with Gasteiger partial charge in [0.25, 0.3) is 5.91 Å². The number of nitrogens with zero attached hydrogens (tertiary/aromatic N) is 3. The van der Waals surface area contributed by atoms with Gasteiger partial charge in [0.05, 0.1) is 5.69 Å². The Kier molecular flexibility index (Phi) is 4.82. The Morgan fingerprint density at radius 3 is 2.81 bits per heavy atom. The van der Waals surface area contributed by atoms with Gasteiger partial charge < -0.3 is 9.47 Å². The fourth-order valence-corrected chi connectivity index (χ4v) is 2.61. The van der Waals surface area contributed by atoms with Gasteiger partial charge in [-0.3, -0.25) is 19.5 Å². The lowest BCUT2D eigenvalue weighted by atomic mass is 10.1. The number of rotatable bonds is 3. The molecule has 0 atom stereocenters. The lowest BCUT2D eigenvalue weighted by Gasteiger charge is -2.29. The van der Waals surface area contributed by atoms with E-state index in [1.165, 1.54) is 4.90 Å². The second-order valence-electron chi connectivity index (χ2n) is 6.76. The van der Waals surface area contributed by atoms with Crippen LogP contribution in [0.1, 0.15) is 20.8 Å². The van der Waals surface area contributed by atoms with Crippen molar-refractivity contribution in [3.8, 4) is 17.0 Å². The Morgan fingerprint density at radius 2 is 2.12 bits per heavy atom. The van der Waals surface area contributed by atoms with Gasteiger partial charge in [0.2, 0.25) is 0 Å². The van der Waals surface area contributed by atoms with Crippen molar-refractivity contribution >= 4 is 29.3 Å². The van der Waals surface area contributed by atoms with Crippen molar-refractivity contribution in [1.29, 1.82) is 0 Å². The molecule has 0 N–H and O–H groups in total. The van der Waals surface area contributed by atoms with Crippen LogP contribution in [0.15, 0.2) is 30.6 Å². The van der Waals surface area contributed by atoms with Crippen LogP contribution in [0.5, 0.6) is 5.75 Å². The normalized spacial score (nSPS) is 13.8. The molecule has 0 aliphatic carbocycles. The zero-order valence-electron chi connectivity index (χ0n) is 14.7. The molecular formula is C18H18ClN3O4. The van der Waals surface area contributed by atoms with Crippen molar-refractivity contribution in [2.75, 3.05) is 18.1 Å². The Hall–Kier alpha value is -2.67. The van der Waals surface area contributed by atoms with Crippen LogP contribution in [0, 0.1) is 0 Å². The van der Waals surface area contributed by atoms with Gasteiger partial charge in [-0.15, -0.1) is 0 Å². The van der Waals surface area contributed by atoms with Crippen molar-refractivity contribution < 1.29 is 19.1 Å². The second-order valence-corrected chi connectivity index (χ2v) is 7.20. The first kappa shape index (κ1) is 18.1. The Morgan fingerprint density at radius 1 is 1.35 bits per heavy atom. The van der Waals surface area contributed by atoms with Crippen molar-refractivity contribution in [2.45, 2.75) is 26.4 Å². The van der Waals surface area contributed by atoms with E-state index >= 15 is 0 Å². The van der Waals surface area contributed by atoms with Gasteiger partial charge in [-0.05, 0) is 39.0 Å². The molecule has 8 heteroatoms. The van der Waals surface area contributed by atoms with E-state index in [0.717, 1.165) is 0 Å². The third kappa shape index (κ3) is 4.11.